The summed E-state index contributed by atoms with van der Waals surface area (Å²) in [5, 5.41) is 3.07. The Balaban J connectivity index is 1.57. The Morgan fingerprint density at radius 2 is 2.04 bits per heavy atom. The lowest BCUT2D eigenvalue weighted by Gasteiger charge is -2.41. The molecule has 0 aromatic heterocycles. The molecule has 0 bridgehead atoms. The highest BCUT2D eigenvalue weighted by Gasteiger charge is 2.36. The van der Waals surface area contributed by atoms with E-state index in [0.29, 0.717) is 13.1 Å². The molecule has 1 unspecified atom stereocenters. The molecule has 1 N–H and O–H groups in total. The summed E-state index contributed by atoms with van der Waals surface area (Å²) in [6, 6.07) is 5.83. The number of nitrogens with zero attached hydrogens (tertiary/aromatic N) is 2. The van der Waals surface area contributed by atoms with Gasteiger partial charge in [-0.15, -0.1) is 0 Å². The number of anilines is 1. The zero-order chi connectivity index (χ0) is 19.6. The van der Waals surface area contributed by atoms with Gasteiger partial charge in [-0.2, -0.15) is 0 Å². The summed E-state index contributed by atoms with van der Waals surface area (Å²) in [4.78, 5) is 29.2. The van der Waals surface area contributed by atoms with Crippen LogP contribution >= 0.6 is 15.9 Å². The van der Waals surface area contributed by atoms with Crippen molar-refractivity contribution < 1.29 is 14.3 Å². The van der Waals surface area contributed by atoms with Gasteiger partial charge in [0.05, 0.1) is 19.1 Å². The van der Waals surface area contributed by atoms with Gasteiger partial charge in [0.2, 0.25) is 11.8 Å². The number of hydrogen-bond acceptors (Lipinski definition) is 4. The number of carbonyl (C=O) groups excluding carboxylic acids is 2. The van der Waals surface area contributed by atoms with E-state index in [1.807, 2.05) is 25.1 Å². The molecule has 3 rings (SSSR count). The molecule has 27 heavy (non-hydrogen) atoms. The average molecular weight is 438 g/mol. The molecule has 2 aliphatic rings. The van der Waals surface area contributed by atoms with E-state index in [9.17, 15) is 9.59 Å². The van der Waals surface area contributed by atoms with Crippen molar-refractivity contribution in [2.45, 2.75) is 32.7 Å². The lowest BCUT2D eigenvalue weighted by molar-refractivity contribution is -0.127. The van der Waals surface area contributed by atoms with Crippen molar-refractivity contribution in [3.8, 4) is 0 Å². The Labute approximate surface area is 169 Å². The maximum Gasteiger partial charge on any atom is 0.227 e. The normalized spacial score (nSPS) is 21.6. The third-order valence-corrected chi connectivity index (χ3v) is 6.40. The first-order valence-corrected chi connectivity index (χ1v) is 10.2. The maximum atomic E-state index is 12.7. The minimum absolute atomic E-state index is 0.00399. The first-order chi connectivity index (χ1) is 12.8. The Hall–Kier alpha value is -1.44. The summed E-state index contributed by atoms with van der Waals surface area (Å²) in [6.45, 7) is 10.5. The van der Waals surface area contributed by atoms with Crippen LogP contribution in [-0.4, -0.2) is 61.6 Å². The number of amides is 2. The van der Waals surface area contributed by atoms with Crippen molar-refractivity contribution in [3.63, 3.8) is 0 Å². The first kappa shape index (κ1) is 20.3. The highest BCUT2D eigenvalue weighted by Crippen LogP contribution is 2.28. The number of nitrogens with one attached hydrogen (secondary N) is 1. The van der Waals surface area contributed by atoms with E-state index in [0.717, 1.165) is 42.0 Å². The highest BCUT2D eigenvalue weighted by molar-refractivity contribution is 9.10. The van der Waals surface area contributed by atoms with Crippen LogP contribution in [0.4, 0.5) is 5.69 Å². The fourth-order valence-corrected chi connectivity index (χ4v) is 3.90. The van der Waals surface area contributed by atoms with Gasteiger partial charge in [-0.3, -0.25) is 14.5 Å². The molecule has 2 heterocycles. The lowest BCUT2D eigenvalue weighted by Crippen LogP contribution is -2.55. The topological polar surface area (TPSA) is 61.9 Å². The van der Waals surface area contributed by atoms with Crippen LogP contribution in [0.25, 0.3) is 0 Å². The van der Waals surface area contributed by atoms with E-state index in [1.165, 1.54) is 0 Å². The second-order valence-electron chi connectivity index (χ2n) is 7.97. The van der Waals surface area contributed by atoms with Gasteiger partial charge in [-0.1, -0.05) is 15.9 Å². The van der Waals surface area contributed by atoms with Gasteiger partial charge in [0.1, 0.15) is 0 Å². The van der Waals surface area contributed by atoms with Crippen molar-refractivity contribution >= 4 is 33.4 Å². The number of morpholine rings is 1. The van der Waals surface area contributed by atoms with Gasteiger partial charge in [0, 0.05) is 48.3 Å². The summed E-state index contributed by atoms with van der Waals surface area (Å²) in [6.07, 6.45) is 0.263. The second-order valence-corrected chi connectivity index (χ2v) is 8.82. The van der Waals surface area contributed by atoms with Crippen molar-refractivity contribution in [3.05, 3.63) is 28.2 Å². The van der Waals surface area contributed by atoms with Crippen LogP contribution in [0.5, 0.6) is 0 Å². The minimum Gasteiger partial charge on any atom is -0.379 e. The molecule has 7 heteroatoms. The molecule has 148 valence electrons. The van der Waals surface area contributed by atoms with Crippen LogP contribution in [0.3, 0.4) is 0 Å². The monoisotopic (exact) mass is 437 g/mol. The Kier molecular flexibility index (Phi) is 6.23. The Morgan fingerprint density at radius 1 is 1.33 bits per heavy atom. The van der Waals surface area contributed by atoms with Gasteiger partial charge >= 0.3 is 0 Å². The average Bonchev–Trinajstić information content (AvgIpc) is 3.04. The molecule has 0 spiro atoms. The van der Waals surface area contributed by atoms with Gasteiger partial charge in [0.15, 0.2) is 0 Å². The minimum atomic E-state index is -0.304. The van der Waals surface area contributed by atoms with Crippen molar-refractivity contribution in [2.24, 2.45) is 5.92 Å². The standard InChI is InChI=1S/C20H28BrN3O3/c1-14-10-16(4-5-17(14)21)24-12-15(11-18(24)25)19(26)22-13-20(2,3)23-6-8-27-9-7-23/h4-5,10,15H,6-9,11-13H2,1-3H3,(H,22,26). The molecule has 1 aromatic rings. The number of halogens is 1. The largest absolute Gasteiger partial charge is 0.379 e. The number of hydrogen-bond donors (Lipinski definition) is 1. The molecule has 6 nitrogen and oxygen atoms in total. The number of aryl methyl sites for hydroxylation is 1. The summed E-state index contributed by atoms with van der Waals surface area (Å²) in [5.74, 6) is -0.340. The molecule has 2 fully saturated rings. The van der Waals surface area contributed by atoms with Gasteiger partial charge in [-0.05, 0) is 44.5 Å². The van der Waals surface area contributed by atoms with Crippen LogP contribution in [0.2, 0.25) is 0 Å². The Morgan fingerprint density at radius 3 is 2.70 bits per heavy atom. The second kappa shape index (κ2) is 8.29. The fourth-order valence-electron chi connectivity index (χ4n) is 3.66. The van der Waals surface area contributed by atoms with E-state index in [2.05, 4.69) is 40.0 Å². The summed E-state index contributed by atoms with van der Waals surface area (Å²) < 4.78 is 6.42. The molecular weight excluding hydrogens is 410 g/mol. The third-order valence-electron chi connectivity index (χ3n) is 5.51. The van der Waals surface area contributed by atoms with E-state index in [4.69, 9.17) is 4.74 Å². The Bertz CT molecular complexity index is 716. The zero-order valence-electron chi connectivity index (χ0n) is 16.3. The number of rotatable bonds is 5. The van der Waals surface area contributed by atoms with E-state index >= 15 is 0 Å². The zero-order valence-corrected chi connectivity index (χ0v) is 17.8. The van der Waals surface area contributed by atoms with E-state index in [1.54, 1.807) is 4.90 Å². The van der Waals surface area contributed by atoms with Crippen molar-refractivity contribution in [2.75, 3.05) is 44.3 Å². The van der Waals surface area contributed by atoms with Gasteiger partial charge in [0.25, 0.3) is 0 Å². The molecule has 2 amide bonds. The highest BCUT2D eigenvalue weighted by atomic mass is 79.9. The molecule has 2 aliphatic heterocycles. The lowest BCUT2D eigenvalue weighted by atomic mass is 10.0. The van der Waals surface area contributed by atoms with Crippen molar-refractivity contribution in [1.29, 1.82) is 0 Å². The molecule has 0 aliphatic carbocycles. The molecular formula is C20H28BrN3O3. The molecule has 1 aromatic carbocycles. The quantitative estimate of drug-likeness (QED) is 0.767. The smallest absolute Gasteiger partial charge is 0.227 e. The summed E-state index contributed by atoms with van der Waals surface area (Å²) >= 11 is 3.48. The van der Waals surface area contributed by atoms with E-state index < -0.39 is 0 Å². The van der Waals surface area contributed by atoms with Crippen LogP contribution < -0.4 is 10.2 Å². The van der Waals surface area contributed by atoms with Gasteiger partial charge < -0.3 is 15.0 Å². The first-order valence-electron chi connectivity index (χ1n) is 9.45. The molecule has 0 saturated carbocycles. The molecule has 0 radical (unpaired) electrons. The number of carbonyl (C=O) groups is 2. The maximum absolute atomic E-state index is 12.7. The predicted octanol–water partition coefficient (Wildman–Crippen LogP) is 2.34. The third kappa shape index (κ3) is 4.70. The summed E-state index contributed by atoms with van der Waals surface area (Å²) in [5.41, 5.74) is 1.79. The van der Waals surface area contributed by atoms with Crippen LogP contribution in [0, 0.1) is 12.8 Å². The van der Waals surface area contributed by atoms with Crippen molar-refractivity contribution in [1.82, 2.24) is 10.2 Å². The number of benzene rings is 1. The summed E-state index contributed by atoms with van der Waals surface area (Å²) in [7, 11) is 0. The fraction of sp³-hybridized carbons (Fsp3) is 0.600. The van der Waals surface area contributed by atoms with E-state index in [-0.39, 0.29) is 29.7 Å². The molecule has 2 saturated heterocycles. The van der Waals surface area contributed by atoms with Crippen LogP contribution in [0.15, 0.2) is 22.7 Å². The predicted molar refractivity (Wildman–Crippen MR) is 109 cm³/mol. The SMILES string of the molecule is Cc1cc(N2CC(C(=O)NCC(C)(C)N3CCOCC3)CC2=O)ccc1Br. The van der Waals surface area contributed by atoms with Gasteiger partial charge in [-0.25, -0.2) is 0 Å². The number of ether oxygens (including phenoxy) is 1. The molecule has 1 atom stereocenters. The van der Waals surface area contributed by atoms with Crippen LogP contribution in [0.1, 0.15) is 25.8 Å². The van der Waals surface area contributed by atoms with Crippen LogP contribution in [-0.2, 0) is 14.3 Å².